The number of rotatable bonds is 2. The van der Waals surface area contributed by atoms with Crippen LogP contribution in [-0.4, -0.2) is 5.71 Å². The Labute approximate surface area is 162 Å². The van der Waals surface area contributed by atoms with Crippen molar-refractivity contribution in [1.82, 2.24) is 0 Å². The zero-order valence-corrected chi connectivity index (χ0v) is 17.1. The van der Waals surface area contributed by atoms with E-state index in [0.29, 0.717) is 0 Å². The van der Waals surface area contributed by atoms with E-state index in [4.69, 9.17) is 4.99 Å². The summed E-state index contributed by atoms with van der Waals surface area (Å²) in [4.78, 5) is 4.88. The summed E-state index contributed by atoms with van der Waals surface area (Å²) < 4.78 is 0. The molecule has 0 bridgehead atoms. The van der Waals surface area contributed by atoms with Crippen molar-refractivity contribution >= 4 is 17.1 Å². The van der Waals surface area contributed by atoms with Gasteiger partial charge in [0.15, 0.2) is 0 Å². The number of hydrogen-bond acceptors (Lipinski definition) is 2. The van der Waals surface area contributed by atoms with Crippen molar-refractivity contribution in [1.29, 1.82) is 0 Å². The highest BCUT2D eigenvalue weighted by atomic mass is 15.0. The molecule has 138 valence electrons. The average Bonchev–Trinajstić information content (AvgIpc) is 2.99. The third kappa shape index (κ3) is 2.84. The minimum absolute atomic E-state index is 0.0151. The van der Waals surface area contributed by atoms with Crippen molar-refractivity contribution in [2.75, 3.05) is 5.32 Å². The van der Waals surface area contributed by atoms with Crippen LogP contribution < -0.4 is 5.32 Å². The molecule has 27 heavy (non-hydrogen) atoms. The number of fused-ring (bicyclic) bond motifs is 2. The van der Waals surface area contributed by atoms with Crippen LogP contribution in [0, 0.1) is 13.8 Å². The number of nitrogens with one attached hydrogen (secondary N) is 1. The first-order valence-corrected chi connectivity index (χ1v) is 9.67. The Balaban J connectivity index is 1.62. The molecule has 0 amide bonds. The van der Waals surface area contributed by atoms with E-state index >= 15 is 0 Å². The topological polar surface area (TPSA) is 24.4 Å². The zero-order valence-electron chi connectivity index (χ0n) is 17.1. The lowest BCUT2D eigenvalue weighted by atomic mass is 9.80. The van der Waals surface area contributed by atoms with Gasteiger partial charge in [0.1, 0.15) is 0 Å². The predicted octanol–water partition coefficient (Wildman–Crippen LogP) is 6.51. The number of aryl methyl sites for hydroxylation is 2. The maximum Gasteiger partial charge on any atom is 0.0674 e. The van der Waals surface area contributed by atoms with Gasteiger partial charge < -0.3 is 5.32 Å². The fourth-order valence-electron chi connectivity index (χ4n) is 4.12. The lowest BCUT2D eigenvalue weighted by molar-refractivity contribution is 0.653. The Morgan fingerprint density at radius 2 is 1.52 bits per heavy atom. The van der Waals surface area contributed by atoms with Gasteiger partial charge in [-0.15, -0.1) is 0 Å². The van der Waals surface area contributed by atoms with Crippen molar-refractivity contribution in [3.63, 3.8) is 0 Å². The van der Waals surface area contributed by atoms with E-state index in [2.05, 4.69) is 101 Å². The van der Waals surface area contributed by atoms with Gasteiger partial charge in [-0.25, -0.2) is 0 Å². The Hall–Kier alpha value is -2.61. The summed E-state index contributed by atoms with van der Waals surface area (Å²) >= 11 is 0. The lowest BCUT2D eigenvalue weighted by Crippen LogP contribution is -2.23. The molecule has 2 aromatic rings. The van der Waals surface area contributed by atoms with Crippen LogP contribution in [0.3, 0.4) is 0 Å². The molecule has 2 heterocycles. The first kappa shape index (κ1) is 17.8. The molecule has 0 radical (unpaired) electrons. The quantitative estimate of drug-likeness (QED) is 0.651. The molecule has 0 saturated heterocycles. The Kier molecular flexibility index (Phi) is 3.92. The molecule has 0 aromatic heterocycles. The Morgan fingerprint density at radius 1 is 0.852 bits per heavy atom. The molecule has 0 spiro atoms. The molecule has 2 nitrogen and oxygen atoms in total. The Bertz CT molecular complexity index is 1020. The van der Waals surface area contributed by atoms with E-state index in [-0.39, 0.29) is 10.8 Å². The van der Waals surface area contributed by atoms with Gasteiger partial charge in [0.05, 0.1) is 11.4 Å². The molecule has 0 saturated carbocycles. The second-order valence-electron chi connectivity index (χ2n) is 8.88. The highest BCUT2D eigenvalue weighted by Gasteiger charge is 2.35. The van der Waals surface area contributed by atoms with Gasteiger partial charge in [-0.05, 0) is 49.3 Å². The second-order valence-corrected chi connectivity index (χ2v) is 8.88. The SMILES string of the molecule is Cc1ccc2c(c1)C(C)(C)C(/C=C/C=C1\Nc3ccc(C)cc3C1(C)C)=N2. The van der Waals surface area contributed by atoms with E-state index in [1.54, 1.807) is 0 Å². The fraction of sp³-hybridized carbons (Fsp3) is 0.320. The molecule has 0 unspecified atom stereocenters. The smallest absolute Gasteiger partial charge is 0.0674 e. The highest BCUT2D eigenvalue weighted by Crippen LogP contribution is 2.44. The summed E-state index contributed by atoms with van der Waals surface area (Å²) in [5.41, 5.74) is 9.85. The van der Waals surface area contributed by atoms with E-state index in [0.717, 1.165) is 11.4 Å². The third-order valence-corrected chi connectivity index (χ3v) is 6.01. The van der Waals surface area contributed by atoms with Crippen molar-refractivity contribution in [2.45, 2.75) is 52.4 Å². The Morgan fingerprint density at radius 3 is 2.26 bits per heavy atom. The van der Waals surface area contributed by atoms with Crippen molar-refractivity contribution in [3.05, 3.63) is 82.6 Å². The molecule has 1 N–H and O–H groups in total. The number of aliphatic imine (C=N–C) groups is 1. The van der Waals surface area contributed by atoms with Crippen LogP contribution in [0.15, 0.2) is 65.3 Å². The number of nitrogens with zero attached hydrogens (tertiary/aromatic N) is 1. The molecule has 2 aromatic carbocycles. The second kappa shape index (κ2) is 5.95. The van der Waals surface area contributed by atoms with E-state index in [9.17, 15) is 0 Å². The fourth-order valence-corrected chi connectivity index (χ4v) is 4.12. The van der Waals surface area contributed by atoms with Crippen LogP contribution in [0.4, 0.5) is 11.4 Å². The maximum atomic E-state index is 4.88. The first-order chi connectivity index (χ1) is 12.7. The zero-order chi connectivity index (χ0) is 19.4. The summed E-state index contributed by atoms with van der Waals surface area (Å²) in [5.74, 6) is 0. The van der Waals surface area contributed by atoms with Crippen LogP contribution in [0.2, 0.25) is 0 Å². The van der Waals surface area contributed by atoms with Crippen molar-refractivity contribution < 1.29 is 0 Å². The normalized spacial score (nSPS) is 20.5. The number of allylic oxidation sites excluding steroid dienone is 4. The van der Waals surface area contributed by atoms with Gasteiger partial charge in [-0.1, -0.05) is 69.2 Å². The molecule has 0 fully saturated rings. The summed E-state index contributed by atoms with van der Waals surface area (Å²) in [6.07, 6.45) is 6.50. The monoisotopic (exact) mass is 356 g/mol. The van der Waals surface area contributed by atoms with Gasteiger partial charge in [-0.2, -0.15) is 0 Å². The predicted molar refractivity (Wildman–Crippen MR) is 116 cm³/mol. The molecule has 4 rings (SSSR count). The summed E-state index contributed by atoms with van der Waals surface area (Å²) in [5, 5.41) is 3.59. The number of hydrogen-bond donors (Lipinski definition) is 1. The van der Waals surface area contributed by atoms with Crippen molar-refractivity contribution in [3.8, 4) is 0 Å². The van der Waals surface area contributed by atoms with Gasteiger partial charge in [0, 0.05) is 22.2 Å². The average molecular weight is 357 g/mol. The minimum atomic E-state index is -0.0605. The molecule has 2 aliphatic rings. The molecule has 2 heteroatoms. The third-order valence-electron chi connectivity index (χ3n) is 6.01. The summed E-state index contributed by atoms with van der Waals surface area (Å²) in [7, 11) is 0. The summed E-state index contributed by atoms with van der Waals surface area (Å²) in [6.45, 7) is 13.4. The molecule has 2 aliphatic heterocycles. The van der Waals surface area contributed by atoms with Crippen LogP contribution >= 0.6 is 0 Å². The van der Waals surface area contributed by atoms with Crippen LogP contribution in [-0.2, 0) is 10.8 Å². The van der Waals surface area contributed by atoms with Crippen LogP contribution in [0.25, 0.3) is 0 Å². The number of benzene rings is 2. The minimum Gasteiger partial charge on any atom is -0.358 e. The van der Waals surface area contributed by atoms with Gasteiger partial charge in [-0.3, -0.25) is 4.99 Å². The molecule has 0 aliphatic carbocycles. The van der Waals surface area contributed by atoms with Crippen LogP contribution in [0.5, 0.6) is 0 Å². The molecular weight excluding hydrogens is 328 g/mol. The highest BCUT2D eigenvalue weighted by molar-refractivity contribution is 6.08. The van der Waals surface area contributed by atoms with Gasteiger partial charge in [0.2, 0.25) is 0 Å². The van der Waals surface area contributed by atoms with Crippen molar-refractivity contribution in [2.24, 2.45) is 4.99 Å². The lowest BCUT2D eigenvalue weighted by Gasteiger charge is -2.21. The van der Waals surface area contributed by atoms with E-state index < -0.39 is 0 Å². The largest absolute Gasteiger partial charge is 0.358 e. The summed E-state index contributed by atoms with van der Waals surface area (Å²) in [6, 6.07) is 13.2. The van der Waals surface area contributed by atoms with Gasteiger partial charge in [0.25, 0.3) is 0 Å². The molecular formula is C25H28N2. The molecule has 0 atom stereocenters. The first-order valence-electron chi connectivity index (χ1n) is 9.67. The maximum absolute atomic E-state index is 4.88. The standard InChI is InChI=1S/C25H28N2/c1-16-10-12-20-18(14-16)24(3,4)22(26-20)8-7-9-23-25(5,6)19-15-17(2)11-13-21(19)27-23/h7-15,26H,1-6H3/b9-7+,22-8-. The van der Waals surface area contributed by atoms with Crippen LogP contribution in [0.1, 0.15) is 49.9 Å². The number of anilines is 1. The van der Waals surface area contributed by atoms with E-state index in [1.807, 2.05) is 0 Å². The van der Waals surface area contributed by atoms with Gasteiger partial charge >= 0.3 is 0 Å². The van der Waals surface area contributed by atoms with E-state index in [1.165, 1.54) is 33.6 Å².